The van der Waals surface area contributed by atoms with Crippen molar-refractivity contribution in [3.63, 3.8) is 0 Å². The van der Waals surface area contributed by atoms with E-state index in [1.54, 1.807) is 12.1 Å². The fourth-order valence-electron chi connectivity index (χ4n) is 3.41. The van der Waals surface area contributed by atoms with Gasteiger partial charge in [0.15, 0.2) is 0 Å². The Morgan fingerprint density at radius 3 is 2.62 bits per heavy atom. The number of nitrogens with one attached hydrogen (secondary N) is 2. The first kappa shape index (κ1) is 20.4. The Morgan fingerprint density at radius 2 is 2.04 bits per heavy atom. The fourth-order valence-corrected chi connectivity index (χ4v) is 3.41. The molecule has 0 saturated heterocycles. The van der Waals surface area contributed by atoms with Crippen molar-refractivity contribution >= 4 is 5.91 Å². The normalized spacial score (nSPS) is 16.5. The van der Waals surface area contributed by atoms with Crippen LogP contribution in [0.2, 0.25) is 0 Å². The van der Waals surface area contributed by atoms with Gasteiger partial charge in [0.1, 0.15) is 5.56 Å². The van der Waals surface area contributed by atoms with Crippen LogP contribution in [0.15, 0.2) is 29.1 Å². The number of aromatic nitrogens is 1. The van der Waals surface area contributed by atoms with Crippen LogP contribution in [0.5, 0.6) is 0 Å². The molecule has 0 spiro atoms. The minimum absolute atomic E-state index is 0.0797. The van der Waals surface area contributed by atoms with E-state index >= 15 is 0 Å². The number of hydrogen-bond donors (Lipinski definition) is 3. The third kappa shape index (κ3) is 5.81. The maximum atomic E-state index is 12.3. The van der Waals surface area contributed by atoms with Crippen LogP contribution >= 0.6 is 0 Å². The van der Waals surface area contributed by atoms with Gasteiger partial charge in [0.2, 0.25) is 0 Å². The van der Waals surface area contributed by atoms with Gasteiger partial charge in [-0.3, -0.25) is 14.5 Å². The minimum atomic E-state index is -0.842. The van der Waals surface area contributed by atoms with Gasteiger partial charge in [-0.1, -0.05) is 38.3 Å². The molecule has 1 aliphatic carbocycles. The molecule has 0 aliphatic heterocycles. The summed E-state index contributed by atoms with van der Waals surface area (Å²) in [5.74, 6) is -0.439. The van der Waals surface area contributed by atoms with Crippen LogP contribution in [0.3, 0.4) is 0 Å². The van der Waals surface area contributed by atoms with Gasteiger partial charge in [-0.05, 0) is 38.4 Å². The number of carbonyl (C=O) groups excluding carboxylic acids is 1. The van der Waals surface area contributed by atoms with Crippen LogP contribution in [0.4, 0.5) is 0 Å². The Hall–Kier alpha value is -1.92. The van der Waals surface area contributed by atoms with E-state index in [2.05, 4.69) is 28.7 Å². The van der Waals surface area contributed by atoms with Crippen LogP contribution < -0.4 is 10.9 Å². The molecule has 6 nitrogen and oxygen atoms in total. The molecule has 3 N–H and O–H groups in total. The SMILES string of the molecule is C=C(C)CN(CC)Cc1ccc(C(=O)NCC2(O)CCCCC2)c(=O)[nH]1. The summed E-state index contributed by atoms with van der Waals surface area (Å²) in [5.41, 5.74) is 0.662. The van der Waals surface area contributed by atoms with Crippen LogP contribution in [-0.4, -0.2) is 46.1 Å². The van der Waals surface area contributed by atoms with Gasteiger partial charge in [0.25, 0.3) is 11.5 Å². The van der Waals surface area contributed by atoms with Gasteiger partial charge in [0.05, 0.1) is 5.60 Å². The first-order valence-electron chi connectivity index (χ1n) is 9.42. The second-order valence-electron chi connectivity index (χ2n) is 7.45. The third-order valence-electron chi connectivity index (χ3n) is 4.91. The van der Waals surface area contributed by atoms with Crippen molar-refractivity contribution in [1.82, 2.24) is 15.2 Å². The standard InChI is InChI=1S/C20H31N3O3/c1-4-23(12-15(2)3)13-16-8-9-17(19(25)22-16)18(24)21-14-20(26)10-6-5-7-11-20/h8-9,26H,2,4-7,10-14H2,1,3H3,(H,21,24)(H,22,25). The molecule has 1 fully saturated rings. The number of hydrogen-bond acceptors (Lipinski definition) is 4. The molecule has 1 aromatic heterocycles. The average Bonchev–Trinajstić information content (AvgIpc) is 2.59. The highest BCUT2D eigenvalue weighted by Crippen LogP contribution is 2.27. The number of H-pyrrole nitrogens is 1. The Labute approximate surface area is 155 Å². The Balaban J connectivity index is 1.98. The molecule has 1 aromatic rings. The molecule has 0 unspecified atom stereocenters. The first-order chi connectivity index (χ1) is 12.3. The lowest BCUT2D eigenvalue weighted by atomic mass is 9.85. The van der Waals surface area contributed by atoms with E-state index in [9.17, 15) is 14.7 Å². The monoisotopic (exact) mass is 361 g/mol. The Morgan fingerprint density at radius 1 is 1.35 bits per heavy atom. The lowest BCUT2D eigenvalue weighted by molar-refractivity contribution is 0.00524. The Kier molecular flexibility index (Phi) is 7.17. The average molecular weight is 361 g/mol. The van der Waals surface area contributed by atoms with Crippen molar-refractivity contribution in [2.45, 2.75) is 58.1 Å². The number of aliphatic hydroxyl groups is 1. The number of amides is 1. The van der Waals surface area contributed by atoms with E-state index in [1.165, 1.54) is 0 Å². The first-order valence-corrected chi connectivity index (χ1v) is 9.42. The largest absolute Gasteiger partial charge is 0.388 e. The number of pyridine rings is 1. The number of nitrogens with zero attached hydrogens (tertiary/aromatic N) is 1. The molecule has 2 rings (SSSR count). The summed E-state index contributed by atoms with van der Waals surface area (Å²) in [7, 11) is 0. The van der Waals surface area contributed by atoms with Crippen molar-refractivity contribution in [2.75, 3.05) is 19.6 Å². The zero-order chi connectivity index (χ0) is 19.2. The number of carbonyl (C=O) groups is 1. The second-order valence-corrected chi connectivity index (χ2v) is 7.45. The highest BCUT2D eigenvalue weighted by atomic mass is 16.3. The topological polar surface area (TPSA) is 85.4 Å². The molecule has 0 bridgehead atoms. The maximum absolute atomic E-state index is 12.3. The van der Waals surface area contributed by atoms with Crippen LogP contribution in [0.1, 0.15) is 62.0 Å². The quantitative estimate of drug-likeness (QED) is 0.620. The van der Waals surface area contributed by atoms with Crippen molar-refractivity contribution in [3.05, 3.63) is 45.9 Å². The smallest absolute Gasteiger partial charge is 0.261 e. The molecule has 1 heterocycles. The molecule has 1 saturated carbocycles. The highest BCUT2D eigenvalue weighted by molar-refractivity contribution is 5.93. The lowest BCUT2D eigenvalue weighted by Gasteiger charge is -2.32. The van der Waals surface area contributed by atoms with E-state index in [0.29, 0.717) is 19.4 Å². The molecule has 0 aromatic carbocycles. The van der Waals surface area contributed by atoms with E-state index in [0.717, 1.165) is 43.6 Å². The van der Waals surface area contributed by atoms with Gasteiger partial charge in [-0.25, -0.2) is 0 Å². The summed E-state index contributed by atoms with van der Waals surface area (Å²) >= 11 is 0. The van der Waals surface area contributed by atoms with Gasteiger partial charge in [-0.2, -0.15) is 0 Å². The van der Waals surface area contributed by atoms with Crippen molar-refractivity contribution in [1.29, 1.82) is 0 Å². The number of aromatic amines is 1. The Bertz CT molecular complexity index is 690. The van der Waals surface area contributed by atoms with Crippen molar-refractivity contribution < 1.29 is 9.90 Å². The summed E-state index contributed by atoms with van der Waals surface area (Å²) < 4.78 is 0. The molecular formula is C20H31N3O3. The summed E-state index contributed by atoms with van der Waals surface area (Å²) in [5, 5.41) is 13.2. The molecule has 1 aliphatic rings. The molecule has 26 heavy (non-hydrogen) atoms. The van der Waals surface area contributed by atoms with Gasteiger partial charge >= 0.3 is 0 Å². The third-order valence-corrected chi connectivity index (χ3v) is 4.91. The van der Waals surface area contributed by atoms with Gasteiger partial charge in [-0.15, -0.1) is 0 Å². The highest BCUT2D eigenvalue weighted by Gasteiger charge is 2.29. The molecule has 144 valence electrons. The molecule has 0 atom stereocenters. The zero-order valence-electron chi connectivity index (χ0n) is 15.9. The summed E-state index contributed by atoms with van der Waals surface area (Å²) in [6.07, 6.45) is 4.45. The van der Waals surface area contributed by atoms with Crippen molar-refractivity contribution in [3.8, 4) is 0 Å². The van der Waals surface area contributed by atoms with Crippen molar-refractivity contribution in [2.24, 2.45) is 0 Å². The van der Waals surface area contributed by atoms with Crippen LogP contribution in [0.25, 0.3) is 0 Å². The lowest BCUT2D eigenvalue weighted by Crippen LogP contribution is -2.45. The molecular weight excluding hydrogens is 330 g/mol. The van der Waals surface area contributed by atoms with E-state index < -0.39 is 17.1 Å². The maximum Gasteiger partial charge on any atom is 0.261 e. The fraction of sp³-hybridized carbons (Fsp3) is 0.600. The second kappa shape index (κ2) is 9.14. The van der Waals surface area contributed by atoms with E-state index in [4.69, 9.17) is 0 Å². The molecule has 1 amide bonds. The summed E-state index contributed by atoms with van der Waals surface area (Å²) in [4.78, 5) is 29.6. The van der Waals surface area contributed by atoms with Crippen LogP contribution in [0, 0.1) is 0 Å². The summed E-state index contributed by atoms with van der Waals surface area (Å²) in [6.45, 7) is 10.3. The predicted octanol–water partition coefficient (Wildman–Crippen LogP) is 2.20. The van der Waals surface area contributed by atoms with E-state index in [-0.39, 0.29) is 12.1 Å². The van der Waals surface area contributed by atoms with Gasteiger partial charge in [0, 0.05) is 25.3 Å². The predicted molar refractivity (Wildman–Crippen MR) is 103 cm³/mol. The van der Waals surface area contributed by atoms with Crippen LogP contribution in [-0.2, 0) is 6.54 Å². The van der Waals surface area contributed by atoms with E-state index in [1.807, 2.05) is 6.92 Å². The minimum Gasteiger partial charge on any atom is -0.388 e. The zero-order valence-corrected chi connectivity index (χ0v) is 15.9. The van der Waals surface area contributed by atoms with Gasteiger partial charge < -0.3 is 15.4 Å². The number of likely N-dealkylation sites (N-methyl/N-ethyl adjacent to an activating group) is 1. The number of rotatable bonds is 8. The summed E-state index contributed by atoms with van der Waals surface area (Å²) in [6, 6.07) is 3.33. The molecule has 6 heteroatoms. The molecule has 0 radical (unpaired) electrons.